The van der Waals surface area contributed by atoms with Gasteiger partial charge in [-0.1, -0.05) is 32.9 Å². The molecule has 0 amide bonds. The molecule has 1 aromatic rings. The lowest BCUT2D eigenvalue weighted by Crippen LogP contribution is -2.47. The molecule has 0 atom stereocenters. The minimum Gasteiger partial charge on any atom is -0.492 e. The van der Waals surface area contributed by atoms with E-state index in [-0.39, 0.29) is 12.0 Å². The molecular weight excluding hydrogens is 316 g/mol. The molecule has 1 saturated heterocycles. The fraction of sp³-hybridized carbons (Fsp3) is 0.625. The molecule has 2 rings (SSSR count). The smallest absolute Gasteiger partial charge is 0.279 e. The quantitative estimate of drug-likeness (QED) is 0.796. The molecule has 0 saturated carbocycles. The highest BCUT2D eigenvalue weighted by Crippen LogP contribution is 2.24. The Hall–Kier alpha value is -1.15. The maximum absolute atomic E-state index is 12.1. The summed E-state index contributed by atoms with van der Waals surface area (Å²) < 4.78 is 38.8. The molecule has 0 aromatic heterocycles. The van der Waals surface area contributed by atoms with E-state index in [4.69, 9.17) is 9.47 Å². The summed E-state index contributed by atoms with van der Waals surface area (Å²) in [6, 6.07) is 7.90. The Morgan fingerprint density at radius 3 is 2.35 bits per heavy atom. The molecule has 1 N–H and O–H groups in total. The van der Waals surface area contributed by atoms with Gasteiger partial charge in [0, 0.05) is 19.6 Å². The van der Waals surface area contributed by atoms with Crippen LogP contribution in [0.1, 0.15) is 26.3 Å². The Bertz CT molecular complexity index is 588. The van der Waals surface area contributed by atoms with Crippen LogP contribution in [-0.2, 0) is 20.4 Å². The summed E-state index contributed by atoms with van der Waals surface area (Å²) in [6.45, 7) is 8.67. The van der Waals surface area contributed by atoms with Crippen LogP contribution in [0.3, 0.4) is 0 Å². The van der Waals surface area contributed by atoms with Gasteiger partial charge in [0.25, 0.3) is 10.2 Å². The van der Waals surface area contributed by atoms with Gasteiger partial charge in [0.1, 0.15) is 12.4 Å². The summed E-state index contributed by atoms with van der Waals surface area (Å²) in [5.74, 6) is 0.739. The van der Waals surface area contributed by atoms with Crippen LogP contribution in [0.4, 0.5) is 0 Å². The van der Waals surface area contributed by atoms with E-state index in [0.29, 0.717) is 32.9 Å². The fourth-order valence-electron chi connectivity index (χ4n) is 2.27. The van der Waals surface area contributed by atoms with Crippen molar-refractivity contribution >= 4 is 10.2 Å². The second kappa shape index (κ2) is 7.61. The number of hydrogen-bond donors (Lipinski definition) is 1. The summed E-state index contributed by atoms with van der Waals surface area (Å²) in [4.78, 5) is 0. The highest BCUT2D eigenvalue weighted by Gasteiger charge is 2.23. The highest BCUT2D eigenvalue weighted by atomic mass is 32.2. The summed E-state index contributed by atoms with van der Waals surface area (Å²) in [7, 11) is -3.44. The molecule has 1 aromatic carbocycles. The minimum atomic E-state index is -3.44. The monoisotopic (exact) mass is 342 g/mol. The van der Waals surface area contributed by atoms with E-state index < -0.39 is 10.2 Å². The molecule has 1 heterocycles. The standard InChI is InChI=1S/C16H26N2O4S/c1-16(2,3)14-4-6-15(7-5-14)22-11-8-17-23(19,20)18-9-12-21-13-10-18/h4-7,17H,8-13H2,1-3H3. The summed E-state index contributed by atoms with van der Waals surface area (Å²) in [5, 5.41) is 0. The summed E-state index contributed by atoms with van der Waals surface area (Å²) in [6.07, 6.45) is 0. The Morgan fingerprint density at radius 1 is 1.17 bits per heavy atom. The molecule has 0 radical (unpaired) electrons. The van der Waals surface area contributed by atoms with Crippen molar-refractivity contribution < 1.29 is 17.9 Å². The van der Waals surface area contributed by atoms with Crippen LogP contribution in [-0.4, -0.2) is 52.2 Å². The van der Waals surface area contributed by atoms with Crippen molar-refractivity contribution in [1.29, 1.82) is 0 Å². The molecule has 6 nitrogen and oxygen atoms in total. The molecule has 1 aliphatic rings. The number of rotatable bonds is 6. The average molecular weight is 342 g/mol. The van der Waals surface area contributed by atoms with Gasteiger partial charge >= 0.3 is 0 Å². The van der Waals surface area contributed by atoms with Crippen LogP contribution >= 0.6 is 0 Å². The van der Waals surface area contributed by atoms with Crippen LogP contribution in [0.15, 0.2) is 24.3 Å². The average Bonchev–Trinajstić information content (AvgIpc) is 2.52. The van der Waals surface area contributed by atoms with Crippen LogP contribution in [0.2, 0.25) is 0 Å². The normalized spacial score (nSPS) is 17.2. The first kappa shape index (κ1) is 18.2. The van der Waals surface area contributed by atoms with E-state index in [2.05, 4.69) is 25.5 Å². The second-order valence-corrected chi connectivity index (χ2v) is 8.29. The first-order valence-corrected chi connectivity index (χ1v) is 9.29. The van der Waals surface area contributed by atoms with Crippen LogP contribution in [0.5, 0.6) is 5.75 Å². The van der Waals surface area contributed by atoms with Gasteiger partial charge in [-0.05, 0) is 23.1 Å². The number of benzene rings is 1. The fourth-order valence-corrected chi connectivity index (χ4v) is 3.42. The predicted molar refractivity (Wildman–Crippen MR) is 90.0 cm³/mol. The van der Waals surface area contributed by atoms with Gasteiger partial charge in [-0.2, -0.15) is 17.4 Å². The molecule has 1 aliphatic heterocycles. The number of morpholine rings is 1. The van der Waals surface area contributed by atoms with Crippen LogP contribution in [0.25, 0.3) is 0 Å². The molecule has 0 aliphatic carbocycles. The number of hydrogen-bond acceptors (Lipinski definition) is 4. The van der Waals surface area contributed by atoms with E-state index >= 15 is 0 Å². The maximum atomic E-state index is 12.1. The molecule has 130 valence electrons. The Morgan fingerprint density at radius 2 is 1.78 bits per heavy atom. The first-order chi connectivity index (χ1) is 10.8. The van der Waals surface area contributed by atoms with E-state index in [9.17, 15) is 8.42 Å². The van der Waals surface area contributed by atoms with Crippen molar-refractivity contribution in [2.24, 2.45) is 0 Å². The first-order valence-electron chi connectivity index (χ1n) is 7.85. The molecule has 23 heavy (non-hydrogen) atoms. The van der Waals surface area contributed by atoms with Gasteiger partial charge in [0.05, 0.1) is 13.2 Å². The second-order valence-electron chi connectivity index (χ2n) is 6.53. The van der Waals surface area contributed by atoms with Gasteiger partial charge in [0.2, 0.25) is 0 Å². The third-order valence-corrected chi connectivity index (χ3v) is 5.30. The molecule has 0 bridgehead atoms. The minimum absolute atomic E-state index is 0.103. The van der Waals surface area contributed by atoms with E-state index in [1.165, 1.54) is 9.87 Å². The van der Waals surface area contributed by atoms with Gasteiger partial charge < -0.3 is 9.47 Å². The van der Waals surface area contributed by atoms with Gasteiger partial charge in [0.15, 0.2) is 0 Å². The highest BCUT2D eigenvalue weighted by molar-refractivity contribution is 7.87. The number of ether oxygens (including phenoxy) is 2. The zero-order chi connectivity index (χ0) is 16.9. The molecule has 1 fully saturated rings. The van der Waals surface area contributed by atoms with Crippen LogP contribution < -0.4 is 9.46 Å². The summed E-state index contributed by atoms with van der Waals surface area (Å²) >= 11 is 0. The Kier molecular flexibility index (Phi) is 6.02. The van der Waals surface area contributed by atoms with E-state index in [1.807, 2.05) is 24.3 Å². The molecule has 0 unspecified atom stereocenters. The lowest BCUT2D eigenvalue weighted by atomic mass is 9.87. The summed E-state index contributed by atoms with van der Waals surface area (Å²) in [5.41, 5.74) is 1.34. The zero-order valence-electron chi connectivity index (χ0n) is 14.0. The van der Waals surface area contributed by atoms with Crippen molar-refractivity contribution in [3.05, 3.63) is 29.8 Å². The van der Waals surface area contributed by atoms with E-state index in [0.717, 1.165) is 5.75 Å². The lowest BCUT2D eigenvalue weighted by molar-refractivity contribution is 0.0724. The third-order valence-electron chi connectivity index (χ3n) is 3.69. The van der Waals surface area contributed by atoms with Gasteiger partial charge in [-0.25, -0.2) is 0 Å². The molecular formula is C16H26N2O4S. The van der Waals surface area contributed by atoms with E-state index in [1.54, 1.807) is 0 Å². The number of nitrogens with one attached hydrogen (secondary N) is 1. The topological polar surface area (TPSA) is 67.9 Å². The van der Waals surface area contributed by atoms with Crippen molar-refractivity contribution in [1.82, 2.24) is 9.03 Å². The maximum Gasteiger partial charge on any atom is 0.279 e. The predicted octanol–water partition coefficient (Wildman–Crippen LogP) is 1.53. The largest absolute Gasteiger partial charge is 0.492 e. The van der Waals surface area contributed by atoms with Gasteiger partial charge in [-0.15, -0.1) is 0 Å². The Balaban J connectivity index is 1.76. The molecule has 7 heteroatoms. The van der Waals surface area contributed by atoms with Crippen molar-refractivity contribution in [3.63, 3.8) is 0 Å². The van der Waals surface area contributed by atoms with Crippen LogP contribution in [0, 0.1) is 0 Å². The number of nitrogens with zero attached hydrogens (tertiary/aromatic N) is 1. The van der Waals surface area contributed by atoms with Crippen molar-refractivity contribution in [3.8, 4) is 5.75 Å². The van der Waals surface area contributed by atoms with Crippen molar-refractivity contribution in [2.45, 2.75) is 26.2 Å². The van der Waals surface area contributed by atoms with Crippen molar-refractivity contribution in [2.75, 3.05) is 39.5 Å². The third kappa shape index (κ3) is 5.46. The lowest BCUT2D eigenvalue weighted by Gasteiger charge is -2.26. The Labute approximate surface area is 139 Å². The molecule has 0 spiro atoms. The zero-order valence-corrected chi connectivity index (χ0v) is 14.9. The van der Waals surface area contributed by atoms with Gasteiger partial charge in [-0.3, -0.25) is 0 Å². The SMILES string of the molecule is CC(C)(C)c1ccc(OCCNS(=O)(=O)N2CCOCC2)cc1.